The molecule has 0 N–H and O–H groups in total. The van der Waals surface area contributed by atoms with Gasteiger partial charge in [-0.3, -0.25) is 0 Å². The maximum absolute atomic E-state index is 9.49. The number of hydrogen-bond acceptors (Lipinski definition) is 1. The Balaban J connectivity index is 1.38. The Bertz CT molecular complexity index is 3690. The van der Waals surface area contributed by atoms with E-state index in [2.05, 4.69) is 0 Å². The Labute approximate surface area is 298 Å². The fourth-order valence-electron chi connectivity index (χ4n) is 6.39. The van der Waals surface area contributed by atoms with E-state index in [1.807, 2.05) is 12.1 Å². The zero-order chi connectivity index (χ0) is 46.7. The second-order valence-electron chi connectivity index (χ2n) is 10.7. The molecule has 1 aliphatic heterocycles. The third-order valence-electron chi connectivity index (χ3n) is 8.28. The lowest BCUT2D eigenvalue weighted by Gasteiger charge is -2.23. The predicted octanol–water partition coefficient (Wildman–Crippen LogP) is 12.6. The van der Waals surface area contributed by atoms with Crippen LogP contribution in [0.2, 0.25) is 0 Å². The van der Waals surface area contributed by atoms with E-state index in [4.69, 9.17) is 21.9 Å². The highest BCUT2D eigenvalue weighted by atomic mass is 32.2. The van der Waals surface area contributed by atoms with E-state index in [9.17, 15) is 4.11 Å². The Morgan fingerprint density at radius 3 is 2.11 bits per heavy atom. The number of para-hydroxylation sites is 2. The van der Waals surface area contributed by atoms with Gasteiger partial charge in [0, 0.05) is 42.6 Å². The van der Waals surface area contributed by atoms with E-state index in [1.54, 1.807) is 36.4 Å². The molecule has 0 unspecified atom stereocenters. The zero-order valence-corrected chi connectivity index (χ0v) is 24.3. The van der Waals surface area contributed by atoms with Crippen LogP contribution >= 0.6 is 11.8 Å². The molecule has 1 nitrogen and oxygen atoms in total. The number of aromatic nitrogens is 1. The smallest absolute Gasteiger partial charge is 0.0645 e. The molecule has 0 radical (unpaired) electrons. The largest absolute Gasteiger partial charge is 0.308 e. The summed E-state index contributed by atoms with van der Waals surface area (Å²) in [6.07, 6.45) is 0. The van der Waals surface area contributed by atoms with Gasteiger partial charge in [-0.25, -0.2) is 0 Å². The van der Waals surface area contributed by atoms with Crippen LogP contribution in [0.15, 0.2) is 173 Å². The van der Waals surface area contributed by atoms with Gasteiger partial charge in [-0.1, -0.05) is 145 Å². The van der Waals surface area contributed by atoms with E-state index in [0.717, 1.165) is 14.4 Å². The van der Waals surface area contributed by atoms with Crippen molar-refractivity contribution in [2.45, 2.75) is 9.79 Å². The molecule has 2 heteroatoms. The molecular formula is C44H27NS. The lowest BCUT2D eigenvalue weighted by atomic mass is 9.91. The van der Waals surface area contributed by atoms with Gasteiger partial charge < -0.3 is 4.57 Å². The first-order valence-electron chi connectivity index (χ1n) is 23.7. The highest BCUT2D eigenvalue weighted by Gasteiger charge is 2.23. The summed E-state index contributed by atoms with van der Waals surface area (Å²) in [6, 6.07) is 2.32. The Morgan fingerprint density at radius 1 is 0.457 bits per heavy atom. The maximum Gasteiger partial charge on any atom is 0.0645 e. The van der Waals surface area contributed by atoms with Crippen molar-refractivity contribution >= 4 is 55.1 Å². The van der Waals surface area contributed by atoms with Crippen molar-refractivity contribution in [3.8, 4) is 39.1 Å². The number of rotatable bonds is 3. The van der Waals surface area contributed by atoms with Crippen molar-refractivity contribution in [1.29, 1.82) is 0 Å². The summed E-state index contributed by atoms with van der Waals surface area (Å²) in [4.78, 5) is 1.55. The molecule has 1 aliphatic rings. The maximum atomic E-state index is 9.49. The molecule has 0 saturated heterocycles. The molecule has 0 bridgehead atoms. The summed E-state index contributed by atoms with van der Waals surface area (Å²) in [5, 5.41) is 0.0692. The molecule has 9 aromatic rings. The molecule has 0 amide bonds. The fourth-order valence-corrected chi connectivity index (χ4v) is 7.50. The van der Waals surface area contributed by atoms with Gasteiger partial charge in [-0.15, -0.1) is 0 Å². The molecule has 10 rings (SSSR count). The van der Waals surface area contributed by atoms with Crippen LogP contribution in [0.3, 0.4) is 0 Å². The Hall–Kier alpha value is -5.57. The van der Waals surface area contributed by atoms with Gasteiger partial charge in [0.2, 0.25) is 0 Å². The molecule has 0 atom stereocenters. The van der Waals surface area contributed by atoms with Crippen molar-refractivity contribution in [2.24, 2.45) is 0 Å². The van der Waals surface area contributed by atoms with Crippen molar-refractivity contribution in [3.63, 3.8) is 0 Å². The highest BCUT2D eigenvalue weighted by molar-refractivity contribution is 7.99. The second-order valence-corrected chi connectivity index (χ2v) is 11.7. The van der Waals surface area contributed by atoms with Gasteiger partial charge in [-0.05, 0) is 68.9 Å². The third-order valence-corrected chi connectivity index (χ3v) is 9.42. The van der Waals surface area contributed by atoms with E-state index in [1.165, 1.54) is 11.8 Å². The molecule has 46 heavy (non-hydrogen) atoms. The van der Waals surface area contributed by atoms with Crippen molar-refractivity contribution in [3.05, 3.63) is 163 Å². The van der Waals surface area contributed by atoms with Gasteiger partial charge in [0.15, 0.2) is 0 Å². The molecule has 0 aliphatic carbocycles. The first-order valence-corrected chi connectivity index (χ1v) is 15.0. The first kappa shape index (κ1) is 13.4. The molecule has 0 fully saturated rings. The molecular weight excluding hydrogens is 575 g/mol. The van der Waals surface area contributed by atoms with Crippen LogP contribution in [-0.4, -0.2) is 4.57 Å². The topological polar surface area (TPSA) is 4.93 Å². The minimum Gasteiger partial charge on any atom is -0.308 e. The summed E-state index contributed by atoms with van der Waals surface area (Å²) in [5.41, 5.74) is 0.871. The van der Waals surface area contributed by atoms with E-state index >= 15 is 0 Å². The van der Waals surface area contributed by atoms with Crippen LogP contribution in [0.25, 0.3) is 82.4 Å². The van der Waals surface area contributed by atoms with E-state index in [-0.39, 0.29) is 56.0 Å². The minimum absolute atomic E-state index is 0.0198. The van der Waals surface area contributed by atoms with Gasteiger partial charge in [0.25, 0.3) is 0 Å². The average molecular weight is 621 g/mol. The van der Waals surface area contributed by atoms with Crippen molar-refractivity contribution < 1.29 is 26.0 Å². The van der Waals surface area contributed by atoms with Crippen LogP contribution in [-0.2, 0) is 0 Å². The van der Waals surface area contributed by atoms with Crippen LogP contribution in [0.5, 0.6) is 0 Å². The highest BCUT2D eigenvalue weighted by Crippen LogP contribution is 2.51. The summed E-state index contributed by atoms with van der Waals surface area (Å²) in [5.74, 6) is 0. The lowest BCUT2D eigenvalue weighted by Crippen LogP contribution is -1.97. The minimum atomic E-state index is -0.762. The summed E-state index contributed by atoms with van der Waals surface area (Å²) in [6.45, 7) is 0. The quantitative estimate of drug-likeness (QED) is 0.190. The first-order chi connectivity index (χ1) is 30.7. The average Bonchev–Trinajstić information content (AvgIpc) is 3.63. The third kappa shape index (κ3) is 3.71. The SMILES string of the molecule is [2H]c1c([2H])c([2H])c(-c2ccc3c4c(cccc24)-c2cc(-c4c([2H])c([2H])c([2H])c5c6c([2H])c([2H])c7c([2H])c([2H])c([2H])c([2H])c7c6n(-c6c([2H])c([2H])c([2H])c([2H])c6[2H])c45)ccc2S3)c([2H])c1[2H]. The number of hydrogen-bond donors (Lipinski definition) is 0. The van der Waals surface area contributed by atoms with Crippen LogP contribution in [0, 0.1) is 0 Å². The molecule has 0 spiro atoms. The predicted molar refractivity (Wildman–Crippen MR) is 196 cm³/mol. The molecule has 0 saturated carbocycles. The van der Waals surface area contributed by atoms with Crippen LogP contribution in [0.1, 0.15) is 26.0 Å². The summed E-state index contributed by atoms with van der Waals surface area (Å²) >= 11 is 1.39. The van der Waals surface area contributed by atoms with Crippen molar-refractivity contribution in [1.82, 2.24) is 4.57 Å². The Morgan fingerprint density at radius 2 is 1.22 bits per heavy atom. The van der Waals surface area contributed by atoms with Gasteiger partial charge in [0.05, 0.1) is 37.1 Å². The van der Waals surface area contributed by atoms with Crippen molar-refractivity contribution in [2.75, 3.05) is 0 Å². The normalized spacial score (nSPS) is 18.0. The summed E-state index contributed by atoms with van der Waals surface area (Å²) < 4.78 is 169. The Kier molecular flexibility index (Phi) is 2.91. The fraction of sp³-hybridized carbons (Fsp3) is 0. The molecule has 2 heterocycles. The van der Waals surface area contributed by atoms with E-state index in [0.29, 0.717) is 27.5 Å². The standard InChI is InChI=1S/C44H27NS/c1-3-11-28(12-4-1)32-24-26-41-42-35(32)18-10-19-36(42)39-27-30(22-25-40(39)46-41)34-17-9-20-37-38-23-21-29-13-7-8-16-33(29)43(38)45(44(34)37)31-14-5-2-6-15-31/h1-27H/i1D,2D,3D,4D,5D,6D,7D,8D,9D,11D,12D,13D,14D,15D,16D,17D,20D,21D,23D. The van der Waals surface area contributed by atoms with Crippen LogP contribution < -0.4 is 0 Å². The van der Waals surface area contributed by atoms with Crippen LogP contribution in [0.4, 0.5) is 0 Å². The van der Waals surface area contributed by atoms with E-state index < -0.39 is 114 Å². The van der Waals surface area contributed by atoms with Gasteiger partial charge >= 0.3 is 0 Å². The van der Waals surface area contributed by atoms with Gasteiger partial charge in [-0.2, -0.15) is 0 Å². The monoisotopic (exact) mass is 620 g/mol. The number of nitrogens with zero attached hydrogens (tertiary/aromatic N) is 1. The second kappa shape index (κ2) is 9.97. The molecule has 214 valence electrons. The zero-order valence-electron chi connectivity index (χ0n) is 42.5. The molecule has 1 aromatic heterocycles. The number of benzene rings is 8. The lowest BCUT2D eigenvalue weighted by molar-refractivity contribution is 1.19. The number of fused-ring (bicyclic) bond motifs is 7. The molecule has 8 aromatic carbocycles. The van der Waals surface area contributed by atoms with Gasteiger partial charge in [0.1, 0.15) is 0 Å². The summed E-state index contributed by atoms with van der Waals surface area (Å²) in [7, 11) is 0.